The number of benzene rings is 1. The maximum absolute atomic E-state index is 9.41. The lowest BCUT2D eigenvalue weighted by molar-refractivity contribution is 0.406. The van der Waals surface area contributed by atoms with Crippen molar-refractivity contribution in [3.8, 4) is 23.4 Å². The average molecular weight is 283 g/mol. The van der Waals surface area contributed by atoms with Crippen LogP contribution in [0, 0.1) is 11.3 Å². The highest BCUT2D eigenvalue weighted by atomic mass is 16.5. The minimum atomic E-state index is 0.236. The SMILES string of the molecule is CCc1nnc(Oc2cccc(OC)c2)c(C#N)c1CC. The van der Waals surface area contributed by atoms with Gasteiger partial charge in [0.1, 0.15) is 23.1 Å². The highest BCUT2D eigenvalue weighted by Crippen LogP contribution is 2.28. The topological polar surface area (TPSA) is 68.0 Å². The van der Waals surface area contributed by atoms with Gasteiger partial charge in [-0.2, -0.15) is 10.4 Å². The monoisotopic (exact) mass is 283 g/mol. The molecule has 0 amide bonds. The Hall–Kier alpha value is -2.61. The second-order valence-electron chi connectivity index (χ2n) is 4.41. The largest absolute Gasteiger partial charge is 0.497 e. The van der Waals surface area contributed by atoms with Crippen LogP contribution in [0.5, 0.6) is 17.4 Å². The first-order valence-corrected chi connectivity index (χ1v) is 6.83. The Bertz CT molecular complexity index is 678. The van der Waals surface area contributed by atoms with E-state index in [2.05, 4.69) is 16.3 Å². The summed E-state index contributed by atoms with van der Waals surface area (Å²) < 4.78 is 10.9. The van der Waals surface area contributed by atoms with Gasteiger partial charge in [-0.15, -0.1) is 5.10 Å². The minimum absolute atomic E-state index is 0.236. The number of hydrogen-bond donors (Lipinski definition) is 0. The molecule has 0 atom stereocenters. The molecule has 2 aromatic rings. The van der Waals surface area contributed by atoms with E-state index in [1.165, 1.54) is 0 Å². The van der Waals surface area contributed by atoms with Crippen LogP contribution < -0.4 is 9.47 Å². The fourth-order valence-corrected chi connectivity index (χ4v) is 2.12. The average Bonchev–Trinajstić information content (AvgIpc) is 2.54. The van der Waals surface area contributed by atoms with Crippen LogP contribution in [-0.4, -0.2) is 17.3 Å². The molecular weight excluding hydrogens is 266 g/mol. The first-order valence-electron chi connectivity index (χ1n) is 6.83. The van der Waals surface area contributed by atoms with Crippen LogP contribution in [0.1, 0.15) is 30.7 Å². The van der Waals surface area contributed by atoms with E-state index in [0.717, 1.165) is 24.1 Å². The van der Waals surface area contributed by atoms with Crippen LogP contribution in [0.15, 0.2) is 24.3 Å². The molecule has 108 valence electrons. The zero-order valence-electron chi connectivity index (χ0n) is 12.4. The smallest absolute Gasteiger partial charge is 0.257 e. The molecule has 5 nitrogen and oxygen atoms in total. The minimum Gasteiger partial charge on any atom is -0.497 e. The summed E-state index contributed by atoms with van der Waals surface area (Å²) in [6.07, 6.45) is 1.46. The van der Waals surface area contributed by atoms with Crippen molar-refractivity contribution in [2.45, 2.75) is 26.7 Å². The molecule has 1 aromatic heterocycles. The molecule has 1 aromatic carbocycles. The quantitative estimate of drug-likeness (QED) is 0.842. The van der Waals surface area contributed by atoms with Crippen molar-refractivity contribution in [3.63, 3.8) is 0 Å². The number of nitriles is 1. The third-order valence-electron chi connectivity index (χ3n) is 3.18. The lowest BCUT2D eigenvalue weighted by Crippen LogP contribution is -2.05. The maximum Gasteiger partial charge on any atom is 0.257 e. The number of aromatic nitrogens is 2. The van der Waals surface area contributed by atoms with Gasteiger partial charge in [0, 0.05) is 6.07 Å². The summed E-state index contributed by atoms with van der Waals surface area (Å²) in [5, 5.41) is 17.6. The van der Waals surface area contributed by atoms with Crippen LogP contribution >= 0.6 is 0 Å². The van der Waals surface area contributed by atoms with E-state index in [1.54, 1.807) is 19.2 Å². The standard InChI is InChI=1S/C16H17N3O2/c1-4-13-14(10-17)16(19-18-15(13)5-2)21-12-8-6-7-11(9-12)20-3/h6-9H,4-5H2,1-3H3. The van der Waals surface area contributed by atoms with Crippen molar-refractivity contribution in [2.75, 3.05) is 7.11 Å². The highest BCUT2D eigenvalue weighted by Gasteiger charge is 2.16. The predicted octanol–water partition coefficient (Wildman–Crippen LogP) is 3.27. The lowest BCUT2D eigenvalue weighted by Gasteiger charge is -2.11. The summed E-state index contributed by atoms with van der Waals surface area (Å²) in [4.78, 5) is 0. The zero-order valence-corrected chi connectivity index (χ0v) is 12.4. The van der Waals surface area contributed by atoms with E-state index in [1.807, 2.05) is 26.0 Å². The van der Waals surface area contributed by atoms with Gasteiger partial charge in [-0.3, -0.25) is 0 Å². The van der Waals surface area contributed by atoms with Crippen LogP contribution in [-0.2, 0) is 12.8 Å². The number of methoxy groups -OCH3 is 1. The number of rotatable bonds is 5. The van der Waals surface area contributed by atoms with Crippen molar-refractivity contribution in [1.29, 1.82) is 5.26 Å². The van der Waals surface area contributed by atoms with E-state index in [9.17, 15) is 5.26 Å². The van der Waals surface area contributed by atoms with Gasteiger partial charge < -0.3 is 9.47 Å². The van der Waals surface area contributed by atoms with Gasteiger partial charge in [-0.05, 0) is 30.5 Å². The van der Waals surface area contributed by atoms with Crippen LogP contribution in [0.2, 0.25) is 0 Å². The second-order valence-corrected chi connectivity index (χ2v) is 4.41. The van der Waals surface area contributed by atoms with E-state index in [-0.39, 0.29) is 5.88 Å². The molecule has 2 rings (SSSR count). The van der Waals surface area contributed by atoms with Crippen LogP contribution in [0.4, 0.5) is 0 Å². The summed E-state index contributed by atoms with van der Waals surface area (Å²) in [5.74, 6) is 1.48. The fraction of sp³-hybridized carbons (Fsp3) is 0.312. The van der Waals surface area contributed by atoms with Crippen molar-refractivity contribution >= 4 is 0 Å². The second kappa shape index (κ2) is 6.71. The number of nitrogens with zero attached hydrogens (tertiary/aromatic N) is 3. The van der Waals surface area contributed by atoms with Gasteiger partial charge in [0.25, 0.3) is 5.88 Å². The Balaban J connectivity index is 2.42. The van der Waals surface area contributed by atoms with E-state index in [0.29, 0.717) is 17.1 Å². The summed E-state index contributed by atoms with van der Waals surface area (Å²) in [6, 6.07) is 9.34. The first kappa shape index (κ1) is 14.8. The Morgan fingerprint density at radius 2 is 1.90 bits per heavy atom. The Labute approximate surface area is 124 Å². The van der Waals surface area contributed by atoms with Crippen molar-refractivity contribution < 1.29 is 9.47 Å². The van der Waals surface area contributed by atoms with Gasteiger partial charge in [-0.1, -0.05) is 19.9 Å². The molecular formula is C16H17N3O2. The van der Waals surface area contributed by atoms with Gasteiger partial charge in [0.05, 0.1) is 12.8 Å². The molecule has 5 heteroatoms. The maximum atomic E-state index is 9.41. The van der Waals surface area contributed by atoms with Crippen molar-refractivity contribution in [1.82, 2.24) is 10.2 Å². The molecule has 0 aliphatic heterocycles. The highest BCUT2D eigenvalue weighted by molar-refractivity contribution is 5.48. The molecule has 0 N–H and O–H groups in total. The van der Waals surface area contributed by atoms with Crippen molar-refractivity contribution in [3.05, 3.63) is 41.1 Å². The molecule has 21 heavy (non-hydrogen) atoms. The molecule has 0 saturated heterocycles. The van der Waals surface area contributed by atoms with Crippen LogP contribution in [0.25, 0.3) is 0 Å². The molecule has 0 unspecified atom stereocenters. The molecule has 0 aliphatic carbocycles. The van der Waals surface area contributed by atoms with E-state index < -0.39 is 0 Å². The van der Waals surface area contributed by atoms with Gasteiger partial charge in [0.15, 0.2) is 0 Å². The van der Waals surface area contributed by atoms with Gasteiger partial charge in [0.2, 0.25) is 0 Å². The fourth-order valence-electron chi connectivity index (χ4n) is 2.12. The molecule has 0 bridgehead atoms. The zero-order chi connectivity index (χ0) is 15.2. The number of ether oxygens (including phenoxy) is 2. The molecule has 0 fully saturated rings. The molecule has 0 spiro atoms. The third-order valence-corrected chi connectivity index (χ3v) is 3.18. The first-order chi connectivity index (χ1) is 10.2. The van der Waals surface area contributed by atoms with Gasteiger partial charge in [-0.25, -0.2) is 0 Å². The molecule has 0 aliphatic rings. The Morgan fingerprint density at radius 1 is 1.14 bits per heavy atom. The molecule has 0 saturated carbocycles. The van der Waals surface area contributed by atoms with Gasteiger partial charge >= 0.3 is 0 Å². The van der Waals surface area contributed by atoms with E-state index >= 15 is 0 Å². The van der Waals surface area contributed by atoms with Crippen molar-refractivity contribution in [2.24, 2.45) is 0 Å². The van der Waals surface area contributed by atoms with Crippen LogP contribution in [0.3, 0.4) is 0 Å². The summed E-state index contributed by atoms with van der Waals surface area (Å²) in [7, 11) is 1.59. The predicted molar refractivity (Wildman–Crippen MR) is 78.6 cm³/mol. The summed E-state index contributed by atoms with van der Waals surface area (Å²) >= 11 is 0. The number of hydrogen-bond acceptors (Lipinski definition) is 5. The molecule has 1 heterocycles. The summed E-state index contributed by atoms with van der Waals surface area (Å²) in [5.41, 5.74) is 2.19. The lowest BCUT2D eigenvalue weighted by atomic mass is 10.0. The normalized spacial score (nSPS) is 10.0. The Morgan fingerprint density at radius 3 is 2.52 bits per heavy atom. The third kappa shape index (κ3) is 3.11. The Kier molecular flexibility index (Phi) is 4.72. The summed E-state index contributed by atoms with van der Waals surface area (Å²) in [6.45, 7) is 3.99. The molecule has 0 radical (unpaired) electrons. The van der Waals surface area contributed by atoms with E-state index in [4.69, 9.17) is 9.47 Å². The number of aryl methyl sites for hydroxylation is 1.